The minimum absolute atomic E-state index is 0.219. The van der Waals surface area contributed by atoms with Crippen molar-refractivity contribution in [1.29, 1.82) is 5.26 Å². The summed E-state index contributed by atoms with van der Waals surface area (Å²) in [6, 6.07) is 10.4. The van der Waals surface area contributed by atoms with E-state index in [0.717, 1.165) is 0 Å². The fraction of sp³-hybridized carbons (Fsp3) is 0. The van der Waals surface area contributed by atoms with Crippen molar-refractivity contribution in [2.45, 2.75) is 0 Å². The fourth-order valence-corrected chi connectivity index (χ4v) is 1.41. The van der Waals surface area contributed by atoms with Gasteiger partial charge in [0, 0.05) is 11.6 Å². The first-order valence-electron chi connectivity index (χ1n) is 4.60. The zero-order chi connectivity index (χ0) is 11.5. The summed E-state index contributed by atoms with van der Waals surface area (Å²) in [6.45, 7) is 0. The van der Waals surface area contributed by atoms with Crippen LogP contribution in [0.3, 0.4) is 0 Å². The van der Waals surface area contributed by atoms with E-state index in [1.165, 1.54) is 30.3 Å². The predicted molar refractivity (Wildman–Crippen MR) is 57.2 cm³/mol. The van der Waals surface area contributed by atoms with Crippen molar-refractivity contribution in [3.63, 3.8) is 0 Å². The van der Waals surface area contributed by atoms with E-state index in [2.05, 4.69) is 4.98 Å². The molecular weight excluding hydrogens is 207 g/mol. The number of halogens is 1. The van der Waals surface area contributed by atoms with Gasteiger partial charge in [0.25, 0.3) is 0 Å². The minimum atomic E-state index is -0.471. The van der Waals surface area contributed by atoms with E-state index < -0.39 is 5.82 Å². The summed E-state index contributed by atoms with van der Waals surface area (Å²) >= 11 is 0. The normalized spacial score (nSPS) is 9.75. The molecule has 16 heavy (non-hydrogen) atoms. The summed E-state index contributed by atoms with van der Waals surface area (Å²) in [5.41, 5.74) is 0.624. The van der Waals surface area contributed by atoms with Gasteiger partial charge in [0.05, 0.1) is 17.3 Å². The van der Waals surface area contributed by atoms with Crippen molar-refractivity contribution in [2.75, 3.05) is 0 Å². The van der Waals surface area contributed by atoms with Crippen molar-refractivity contribution in [3.05, 3.63) is 58.1 Å². The monoisotopic (exact) mass is 214 g/mol. The van der Waals surface area contributed by atoms with Crippen LogP contribution in [0.2, 0.25) is 0 Å². The van der Waals surface area contributed by atoms with Crippen LogP contribution in [0.25, 0.3) is 11.3 Å². The summed E-state index contributed by atoms with van der Waals surface area (Å²) in [5.74, 6) is -0.471. The van der Waals surface area contributed by atoms with Gasteiger partial charge in [-0.25, -0.2) is 4.39 Å². The number of hydrogen-bond donors (Lipinski definition) is 1. The number of hydrogen-bond acceptors (Lipinski definition) is 2. The lowest BCUT2D eigenvalue weighted by Crippen LogP contribution is -2.04. The zero-order valence-corrected chi connectivity index (χ0v) is 8.20. The molecule has 0 spiro atoms. The van der Waals surface area contributed by atoms with Crippen molar-refractivity contribution in [3.8, 4) is 17.3 Å². The van der Waals surface area contributed by atoms with Crippen LogP contribution in [0.1, 0.15) is 5.56 Å². The molecule has 2 aromatic rings. The highest BCUT2D eigenvalue weighted by Crippen LogP contribution is 2.20. The van der Waals surface area contributed by atoms with Crippen LogP contribution in [-0.4, -0.2) is 4.98 Å². The number of pyridine rings is 1. The molecule has 0 saturated heterocycles. The van der Waals surface area contributed by atoms with Gasteiger partial charge in [-0.2, -0.15) is 5.26 Å². The fourth-order valence-electron chi connectivity index (χ4n) is 1.41. The summed E-state index contributed by atoms with van der Waals surface area (Å²) in [4.78, 5) is 13.6. The molecule has 0 amide bonds. The van der Waals surface area contributed by atoms with Gasteiger partial charge in [-0.15, -0.1) is 0 Å². The Bertz CT molecular complexity index is 625. The summed E-state index contributed by atoms with van der Waals surface area (Å²) in [5, 5.41) is 8.71. The van der Waals surface area contributed by atoms with Crippen LogP contribution >= 0.6 is 0 Å². The zero-order valence-electron chi connectivity index (χ0n) is 8.20. The van der Waals surface area contributed by atoms with Crippen molar-refractivity contribution >= 4 is 0 Å². The molecule has 3 nitrogen and oxygen atoms in total. The first kappa shape index (κ1) is 10.1. The number of rotatable bonds is 1. The standard InChI is InChI=1S/C12H7FN2O/c13-10-5-4-8(7-14)6-9(10)11-2-1-3-12(16)15-11/h1-6H,(H,15,16). The maximum atomic E-state index is 13.5. The number of nitrogens with zero attached hydrogens (tertiary/aromatic N) is 1. The van der Waals surface area contributed by atoms with Crippen molar-refractivity contribution in [2.24, 2.45) is 0 Å². The molecule has 0 radical (unpaired) electrons. The van der Waals surface area contributed by atoms with E-state index in [1.54, 1.807) is 6.07 Å². The second kappa shape index (κ2) is 3.99. The molecule has 1 aromatic carbocycles. The van der Waals surface area contributed by atoms with Crippen molar-refractivity contribution in [1.82, 2.24) is 4.98 Å². The van der Waals surface area contributed by atoms with Gasteiger partial charge in [0.1, 0.15) is 5.82 Å². The third-order valence-electron chi connectivity index (χ3n) is 2.15. The van der Waals surface area contributed by atoms with E-state index >= 15 is 0 Å². The van der Waals surface area contributed by atoms with Gasteiger partial charge >= 0.3 is 0 Å². The Balaban J connectivity index is 2.64. The first-order chi connectivity index (χ1) is 7.70. The molecule has 78 valence electrons. The first-order valence-corrected chi connectivity index (χ1v) is 4.60. The third-order valence-corrected chi connectivity index (χ3v) is 2.15. The molecule has 0 aliphatic carbocycles. The van der Waals surface area contributed by atoms with Crippen LogP contribution in [0, 0.1) is 17.1 Å². The molecule has 0 aliphatic heterocycles. The lowest BCUT2D eigenvalue weighted by atomic mass is 10.1. The van der Waals surface area contributed by atoms with E-state index in [9.17, 15) is 9.18 Å². The number of H-pyrrole nitrogens is 1. The Morgan fingerprint density at radius 3 is 2.75 bits per heavy atom. The Morgan fingerprint density at radius 1 is 1.25 bits per heavy atom. The van der Waals surface area contributed by atoms with Crippen LogP contribution in [0.5, 0.6) is 0 Å². The van der Waals surface area contributed by atoms with Gasteiger partial charge in [-0.05, 0) is 24.3 Å². The van der Waals surface area contributed by atoms with Gasteiger partial charge < -0.3 is 4.98 Å². The Labute approximate surface area is 90.8 Å². The third kappa shape index (κ3) is 1.84. The lowest BCUT2D eigenvalue weighted by Gasteiger charge is -2.03. The van der Waals surface area contributed by atoms with E-state index in [-0.39, 0.29) is 11.1 Å². The molecule has 1 heterocycles. The quantitative estimate of drug-likeness (QED) is 0.789. The highest BCUT2D eigenvalue weighted by atomic mass is 19.1. The minimum Gasteiger partial charge on any atom is -0.322 e. The number of nitriles is 1. The topological polar surface area (TPSA) is 56.6 Å². The van der Waals surface area contributed by atoms with Crippen LogP contribution < -0.4 is 5.56 Å². The van der Waals surface area contributed by atoms with E-state index in [1.807, 2.05) is 6.07 Å². The summed E-state index contributed by atoms with van der Waals surface area (Å²) in [6.07, 6.45) is 0. The maximum absolute atomic E-state index is 13.5. The molecule has 4 heteroatoms. The smallest absolute Gasteiger partial charge is 0.248 e. The SMILES string of the molecule is N#Cc1ccc(F)c(-c2cccc(=O)[nH]2)c1. The molecule has 1 N–H and O–H groups in total. The Morgan fingerprint density at radius 2 is 2.06 bits per heavy atom. The van der Waals surface area contributed by atoms with Gasteiger partial charge in [-0.1, -0.05) is 6.07 Å². The number of aromatic nitrogens is 1. The summed E-state index contributed by atoms with van der Waals surface area (Å²) in [7, 11) is 0. The molecule has 0 unspecified atom stereocenters. The molecule has 0 atom stereocenters. The molecule has 2 rings (SSSR count). The van der Waals surface area contributed by atoms with Gasteiger partial charge in [0.15, 0.2) is 0 Å². The molecule has 0 saturated carbocycles. The molecule has 0 aliphatic rings. The largest absolute Gasteiger partial charge is 0.322 e. The predicted octanol–water partition coefficient (Wildman–Crippen LogP) is 2.05. The second-order valence-corrected chi connectivity index (χ2v) is 3.24. The lowest BCUT2D eigenvalue weighted by molar-refractivity contribution is 0.630. The van der Waals surface area contributed by atoms with Crippen LogP contribution in [0.4, 0.5) is 4.39 Å². The van der Waals surface area contributed by atoms with Gasteiger partial charge in [-0.3, -0.25) is 4.79 Å². The molecule has 0 bridgehead atoms. The average Bonchev–Trinajstić information content (AvgIpc) is 2.30. The number of benzene rings is 1. The Kier molecular flexibility index (Phi) is 2.52. The highest BCUT2D eigenvalue weighted by molar-refractivity contribution is 5.61. The maximum Gasteiger partial charge on any atom is 0.248 e. The molecule has 0 fully saturated rings. The molecular formula is C12H7FN2O. The van der Waals surface area contributed by atoms with E-state index in [4.69, 9.17) is 5.26 Å². The summed E-state index contributed by atoms with van der Waals surface area (Å²) < 4.78 is 13.5. The van der Waals surface area contributed by atoms with E-state index in [0.29, 0.717) is 11.3 Å². The highest BCUT2D eigenvalue weighted by Gasteiger charge is 2.06. The van der Waals surface area contributed by atoms with Gasteiger partial charge in [0.2, 0.25) is 5.56 Å². The van der Waals surface area contributed by atoms with Crippen molar-refractivity contribution < 1.29 is 4.39 Å². The average molecular weight is 214 g/mol. The number of nitrogens with one attached hydrogen (secondary N) is 1. The molecule has 1 aromatic heterocycles. The van der Waals surface area contributed by atoms with Crippen LogP contribution in [-0.2, 0) is 0 Å². The van der Waals surface area contributed by atoms with Crippen LogP contribution in [0.15, 0.2) is 41.2 Å². The Hall–Kier alpha value is -2.41. The second-order valence-electron chi connectivity index (χ2n) is 3.24. The number of aromatic amines is 1.